The summed E-state index contributed by atoms with van der Waals surface area (Å²) in [6.07, 6.45) is 5.45. The van der Waals surface area contributed by atoms with Crippen molar-refractivity contribution < 1.29 is 14.7 Å². The molecular formula is C21H29ClN2O3. The minimum Gasteiger partial charge on any atom is -0.390 e. The van der Waals surface area contributed by atoms with Crippen LogP contribution in [0.2, 0.25) is 5.02 Å². The second-order valence-electron chi connectivity index (χ2n) is 8.08. The zero-order chi connectivity index (χ0) is 19.4. The number of benzene rings is 1. The van der Waals surface area contributed by atoms with Crippen molar-refractivity contribution in [2.45, 2.75) is 57.1 Å². The van der Waals surface area contributed by atoms with Gasteiger partial charge in [0, 0.05) is 38.1 Å². The standard InChI is InChI=1S/C21H29ClN2O3/c1-23(13-12-21(27)10-2-3-11-21)20(26)17-6-9-19(25)24(15-17)14-16-4-7-18(22)8-5-16/h4-5,7-8,17,27H,2-3,6,9-15H2,1H3. The Hall–Kier alpha value is -1.59. The van der Waals surface area contributed by atoms with Crippen molar-refractivity contribution in [3.63, 3.8) is 0 Å². The average molecular weight is 393 g/mol. The molecule has 3 rings (SSSR count). The monoisotopic (exact) mass is 392 g/mol. The second-order valence-corrected chi connectivity index (χ2v) is 8.51. The van der Waals surface area contributed by atoms with Gasteiger partial charge in [-0.05, 0) is 43.4 Å². The average Bonchev–Trinajstić information content (AvgIpc) is 3.10. The molecule has 1 aliphatic heterocycles. The Morgan fingerprint density at radius 1 is 1.30 bits per heavy atom. The molecule has 0 aromatic heterocycles. The van der Waals surface area contributed by atoms with Gasteiger partial charge in [-0.15, -0.1) is 0 Å². The van der Waals surface area contributed by atoms with Crippen LogP contribution in [0, 0.1) is 5.92 Å². The molecule has 5 nitrogen and oxygen atoms in total. The molecule has 27 heavy (non-hydrogen) atoms. The number of hydrogen-bond donors (Lipinski definition) is 1. The van der Waals surface area contributed by atoms with Gasteiger partial charge in [0.2, 0.25) is 11.8 Å². The molecule has 1 saturated carbocycles. The summed E-state index contributed by atoms with van der Waals surface area (Å²) in [5.41, 5.74) is 0.412. The number of carbonyl (C=O) groups excluding carboxylic acids is 2. The second kappa shape index (κ2) is 8.61. The van der Waals surface area contributed by atoms with E-state index in [-0.39, 0.29) is 17.7 Å². The van der Waals surface area contributed by atoms with E-state index < -0.39 is 5.60 Å². The summed E-state index contributed by atoms with van der Waals surface area (Å²) in [4.78, 5) is 28.6. The van der Waals surface area contributed by atoms with Crippen LogP contribution in [0.25, 0.3) is 0 Å². The molecule has 2 aliphatic rings. The van der Waals surface area contributed by atoms with Crippen molar-refractivity contribution >= 4 is 23.4 Å². The molecule has 1 aromatic rings. The first-order valence-corrected chi connectivity index (χ1v) is 10.2. The first-order chi connectivity index (χ1) is 12.9. The van der Waals surface area contributed by atoms with Gasteiger partial charge in [-0.25, -0.2) is 0 Å². The predicted molar refractivity (Wildman–Crippen MR) is 105 cm³/mol. The quantitative estimate of drug-likeness (QED) is 0.808. The minimum absolute atomic E-state index is 0.0743. The van der Waals surface area contributed by atoms with Gasteiger partial charge in [-0.1, -0.05) is 36.6 Å². The highest BCUT2D eigenvalue weighted by Crippen LogP contribution is 2.32. The molecule has 1 atom stereocenters. The molecule has 6 heteroatoms. The van der Waals surface area contributed by atoms with Crippen molar-refractivity contribution in [2.75, 3.05) is 20.1 Å². The molecule has 148 valence electrons. The van der Waals surface area contributed by atoms with Crippen molar-refractivity contribution in [2.24, 2.45) is 5.92 Å². The molecule has 1 unspecified atom stereocenters. The van der Waals surface area contributed by atoms with Gasteiger partial charge in [0.15, 0.2) is 0 Å². The van der Waals surface area contributed by atoms with Gasteiger partial charge < -0.3 is 14.9 Å². The summed E-state index contributed by atoms with van der Waals surface area (Å²) in [7, 11) is 1.81. The van der Waals surface area contributed by atoms with Gasteiger partial charge in [0.05, 0.1) is 11.5 Å². The van der Waals surface area contributed by atoms with Crippen LogP contribution < -0.4 is 0 Å². The van der Waals surface area contributed by atoms with E-state index in [9.17, 15) is 14.7 Å². The van der Waals surface area contributed by atoms with Crippen LogP contribution in [0.5, 0.6) is 0 Å². The first-order valence-electron chi connectivity index (χ1n) is 9.86. The molecule has 1 saturated heterocycles. The molecule has 1 N–H and O–H groups in total. The lowest BCUT2D eigenvalue weighted by molar-refractivity contribution is -0.143. The zero-order valence-corrected chi connectivity index (χ0v) is 16.7. The van der Waals surface area contributed by atoms with E-state index in [0.29, 0.717) is 43.9 Å². The number of carbonyl (C=O) groups is 2. The number of hydrogen-bond acceptors (Lipinski definition) is 3. The molecule has 0 spiro atoms. The number of aliphatic hydroxyl groups is 1. The van der Waals surface area contributed by atoms with Crippen LogP contribution in [-0.2, 0) is 16.1 Å². The van der Waals surface area contributed by atoms with E-state index in [1.807, 2.05) is 24.3 Å². The number of amides is 2. The van der Waals surface area contributed by atoms with Crippen molar-refractivity contribution in [1.82, 2.24) is 9.80 Å². The molecule has 0 bridgehead atoms. The summed E-state index contributed by atoms with van der Waals surface area (Å²) < 4.78 is 0. The fourth-order valence-electron chi connectivity index (χ4n) is 4.16. The van der Waals surface area contributed by atoms with Gasteiger partial charge in [-0.2, -0.15) is 0 Å². The highest BCUT2D eigenvalue weighted by atomic mass is 35.5. The Balaban J connectivity index is 1.54. The maximum absolute atomic E-state index is 12.8. The van der Waals surface area contributed by atoms with Gasteiger partial charge in [-0.3, -0.25) is 9.59 Å². The maximum atomic E-state index is 12.8. The molecule has 1 aliphatic carbocycles. The molecular weight excluding hydrogens is 364 g/mol. The van der Waals surface area contributed by atoms with Crippen LogP contribution in [0.1, 0.15) is 50.5 Å². The van der Waals surface area contributed by atoms with Crippen molar-refractivity contribution in [3.05, 3.63) is 34.9 Å². The Morgan fingerprint density at radius 2 is 1.96 bits per heavy atom. The van der Waals surface area contributed by atoms with Crippen LogP contribution in [0.4, 0.5) is 0 Å². The van der Waals surface area contributed by atoms with E-state index in [2.05, 4.69) is 0 Å². The summed E-state index contributed by atoms with van der Waals surface area (Å²) in [6, 6.07) is 7.45. The van der Waals surface area contributed by atoms with Gasteiger partial charge in [0.1, 0.15) is 0 Å². The number of halogens is 1. The Bertz CT molecular complexity index is 671. The van der Waals surface area contributed by atoms with Crippen LogP contribution in [0.15, 0.2) is 24.3 Å². The van der Waals surface area contributed by atoms with Crippen molar-refractivity contribution in [1.29, 1.82) is 0 Å². The van der Waals surface area contributed by atoms with Crippen LogP contribution >= 0.6 is 11.6 Å². The van der Waals surface area contributed by atoms with Crippen LogP contribution in [-0.4, -0.2) is 52.5 Å². The highest BCUT2D eigenvalue weighted by molar-refractivity contribution is 6.30. The van der Waals surface area contributed by atoms with E-state index >= 15 is 0 Å². The summed E-state index contributed by atoms with van der Waals surface area (Å²) in [5, 5.41) is 11.2. The largest absolute Gasteiger partial charge is 0.390 e. The third kappa shape index (κ3) is 5.23. The molecule has 2 amide bonds. The lowest BCUT2D eigenvalue weighted by atomic mass is 9.94. The van der Waals surface area contributed by atoms with Crippen LogP contribution in [0.3, 0.4) is 0 Å². The molecule has 1 aromatic carbocycles. The Morgan fingerprint density at radius 3 is 2.63 bits per heavy atom. The van der Waals surface area contributed by atoms with E-state index in [1.54, 1.807) is 16.8 Å². The third-order valence-corrected chi connectivity index (χ3v) is 6.21. The smallest absolute Gasteiger partial charge is 0.227 e. The lowest BCUT2D eigenvalue weighted by Crippen LogP contribution is -2.46. The van der Waals surface area contributed by atoms with Gasteiger partial charge >= 0.3 is 0 Å². The molecule has 2 fully saturated rings. The number of piperidine rings is 1. The molecule has 1 heterocycles. The van der Waals surface area contributed by atoms with Crippen molar-refractivity contribution in [3.8, 4) is 0 Å². The summed E-state index contributed by atoms with van der Waals surface area (Å²) in [5.74, 6) is 0.000319. The maximum Gasteiger partial charge on any atom is 0.227 e. The highest BCUT2D eigenvalue weighted by Gasteiger charge is 2.34. The normalized spacial score (nSPS) is 22.1. The van der Waals surface area contributed by atoms with Gasteiger partial charge in [0.25, 0.3) is 0 Å². The Labute approximate surface area is 166 Å². The van der Waals surface area contributed by atoms with E-state index in [4.69, 9.17) is 11.6 Å². The molecule has 0 radical (unpaired) electrons. The predicted octanol–water partition coefficient (Wildman–Crippen LogP) is 3.23. The Kier molecular flexibility index (Phi) is 6.43. The van der Waals surface area contributed by atoms with E-state index in [0.717, 1.165) is 31.2 Å². The van der Waals surface area contributed by atoms with E-state index in [1.165, 1.54) is 0 Å². The first kappa shape index (κ1) is 20.2. The number of rotatable bonds is 6. The SMILES string of the molecule is CN(CCC1(O)CCCC1)C(=O)C1CCC(=O)N(Cc2ccc(Cl)cc2)C1. The number of likely N-dealkylation sites (tertiary alicyclic amines) is 1. The third-order valence-electron chi connectivity index (χ3n) is 5.96. The minimum atomic E-state index is -0.600. The zero-order valence-electron chi connectivity index (χ0n) is 16.0. The fraction of sp³-hybridized carbons (Fsp3) is 0.619. The summed E-state index contributed by atoms with van der Waals surface area (Å²) in [6.45, 7) is 1.52. The summed E-state index contributed by atoms with van der Waals surface area (Å²) >= 11 is 5.92. The topological polar surface area (TPSA) is 60.9 Å². The number of nitrogens with zero attached hydrogens (tertiary/aromatic N) is 2. The fourth-order valence-corrected chi connectivity index (χ4v) is 4.29. The lowest BCUT2D eigenvalue weighted by Gasteiger charge is -2.34.